The second-order valence-electron chi connectivity index (χ2n) is 4.79. The lowest BCUT2D eigenvalue weighted by Gasteiger charge is -2.21. The van der Waals surface area contributed by atoms with E-state index in [1.165, 1.54) is 6.33 Å². The highest BCUT2D eigenvalue weighted by Gasteiger charge is 2.26. The Balaban J connectivity index is 2.73. The fourth-order valence-electron chi connectivity index (χ4n) is 1.54. The van der Waals surface area contributed by atoms with E-state index in [0.717, 1.165) is 0 Å². The number of halogens is 2. The zero-order chi connectivity index (χ0) is 14.6. The normalized spacial score (nSPS) is 11.2. The lowest BCUT2D eigenvalue weighted by atomic mass is 9.85. The average Bonchev–Trinajstić information content (AvgIpc) is 2.20. The summed E-state index contributed by atoms with van der Waals surface area (Å²) in [6, 6.07) is 0. The molecule has 1 aromatic rings. The molecule has 6 nitrogen and oxygen atoms in total. The van der Waals surface area contributed by atoms with E-state index in [1.54, 1.807) is 13.8 Å². The van der Waals surface area contributed by atoms with Gasteiger partial charge in [-0.2, -0.15) is 0 Å². The van der Waals surface area contributed by atoms with Crippen molar-refractivity contribution in [3.63, 3.8) is 0 Å². The number of aromatic nitrogens is 2. The van der Waals surface area contributed by atoms with E-state index in [-0.39, 0.29) is 28.8 Å². The molecule has 0 aliphatic heterocycles. The molecule has 0 saturated heterocycles. The molecule has 0 bridgehead atoms. The van der Waals surface area contributed by atoms with Gasteiger partial charge in [0.2, 0.25) is 5.91 Å². The summed E-state index contributed by atoms with van der Waals surface area (Å²) in [6.07, 6.45) is 1.07. The maximum atomic E-state index is 11.8. The summed E-state index contributed by atoms with van der Waals surface area (Å²) < 4.78 is 0. The molecule has 1 aromatic heterocycles. The van der Waals surface area contributed by atoms with Crippen LogP contribution < -0.4 is 5.32 Å². The van der Waals surface area contributed by atoms with Crippen molar-refractivity contribution in [3.05, 3.63) is 16.6 Å². The number of carboxylic acid groups (broad SMARTS) is 1. The van der Waals surface area contributed by atoms with Crippen LogP contribution in [0.5, 0.6) is 0 Å². The van der Waals surface area contributed by atoms with Gasteiger partial charge in [-0.3, -0.25) is 9.59 Å². The second-order valence-corrected chi connectivity index (χ2v) is 5.51. The molecule has 0 spiro atoms. The Morgan fingerprint density at radius 3 is 2.26 bits per heavy atom. The van der Waals surface area contributed by atoms with Crippen LogP contribution in [-0.2, 0) is 9.59 Å². The van der Waals surface area contributed by atoms with E-state index in [4.69, 9.17) is 28.3 Å². The summed E-state index contributed by atoms with van der Waals surface area (Å²) in [5, 5.41) is 11.3. The van der Waals surface area contributed by atoms with Gasteiger partial charge in [-0.1, -0.05) is 37.0 Å². The second kappa shape index (κ2) is 6.16. The molecular formula is C11H13Cl2N3O3. The Kier molecular flexibility index (Phi) is 5.08. The van der Waals surface area contributed by atoms with Crippen molar-refractivity contribution in [2.45, 2.75) is 26.7 Å². The average molecular weight is 306 g/mol. The SMILES string of the molecule is CC(C)(CC(=O)O)CC(=O)Nc1c(Cl)ncnc1Cl. The number of hydrogen-bond donors (Lipinski definition) is 2. The third-order valence-electron chi connectivity index (χ3n) is 2.29. The molecule has 0 saturated carbocycles. The zero-order valence-corrected chi connectivity index (χ0v) is 11.9. The maximum absolute atomic E-state index is 11.8. The standard InChI is InChI=1S/C11H13Cl2N3O3/c1-11(2,4-7(18)19)3-6(17)16-8-9(12)14-5-15-10(8)13/h5H,3-4H2,1-2H3,(H,16,17)(H,18,19). The molecular weight excluding hydrogens is 293 g/mol. The van der Waals surface area contributed by atoms with Crippen molar-refractivity contribution in [2.24, 2.45) is 5.41 Å². The minimum Gasteiger partial charge on any atom is -0.481 e. The van der Waals surface area contributed by atoms with Crippen molar-refractivity contribution in [1.82, 2.24) is 9.97 Å². The molecule has 0 aromatic carbocycles. The van der Waals surface area contributed by atoms with Crippen LogP contribution in [0.4, 0.5) is 5.69 Å². The van der Waals surface area contributed by atoms with Crippen molar-refractivity contribution in [2.75, 3.05) is 5.32 Å². The van der Waals surface area contributed by atoms with E-state index in [2.05, 4.69) is 15.3 Å². The Bertz CT molecular complexity index is 486. The summed E-state index contributed by atoms with van der Waals surface area (Å²) in [6.45, 7) is 3.37. The van der Waals surface area contributed by atoms with Crippen molar-refractivity contribution < 1.29 is 14.7 Å². The van der Waals surface area contributed by atoms with E-state index in [9.17, 15) is 9.59 Å². The first-order valence-corrected chi connectivity index (χ1v) is 6.14. The Hall–Kier alpha value is -1.40. The van der Waals surface area contributed by atoms with Gasteiger partial charge >= 0.3 is 5.97 Å². The van der Waals surface area contributed by atoms with Gasteiger partial charge in [0.1, 0.15) is 12.0 Å². The van der Waals surface area contributed by atoms with Gasteiger partial charge in [-0.25, -0.2) is 9.97 Å². The summed E-state index contributed by atoms with van der Waals surface area (Å²) >= 11 is 11.6. The summed E-state index contributed by atoms with van der Waals surface area (Å²) in [4.78, 5) is 29.9. The number of nitrogens with one attached hydrogen (secondary N) is 1. The van der Waals surface area contributed by atoms with E-state index >= 15 is 0 Å². The highest BCUT2D eigenvalue weighted by Crippen LogP contribution is 2.29. The highest BCUT2D eigenvalue weighted by atomic mass is 35.5. The van der Waals surface area contributed by atoms with E-state index in [0.29, 0.717) is 0 Å². The molecule has 1 amide bonds. The monoisotopic (exact) mass is 305 g/mol. The number of anilines is 1. The molecule has 104 valence electrons. The summed E-state index contributed by atoms with van der Waals surface area (Å²) in [7, 11) is 0. The van der Waals surface area contributed by atoms with Gasteiger partial charge in [0.25, 0.3) is 0 Å². The first kappa shape index (κ1) is 15.7. The predicted octanol–water partition coefficient (Wildman–Crippen LogP) is 2.61. The van der Waals surface area contributed by atoms with Crippen LogP contribution in [0.25, 0.3) is 0 Å². The van der Waals surface area contributed by atoms with Crippen LogP contribution in [0.3, 0.4) is 0 Å². The molecule has 1 heterocycles. The van der Waals surface area contributed by atoms with Gasteiger partial charge < -0.3 is 10.4 Å². The number of carboxylic acids is 1. The fraction of sp³-hybridized carbons (Fsp3) is 0.455. The molecule has 0 fully saturated rings. The van der Waals surface area contributed by atoms with Gasteiger partial charge in [-0.15, -0.1) is 0 Å². The number of carbonyl (C=O) groups is 2. The minimum absolute atomic E-state index is 0.0147. The van der Waals surface area contributed by atoms with Crippen LogP contribution >= 0.6 is 23.2 Å². The summed E-state index contributed by atoms with van der Waals surface area (Å²) in [5.74, 6) is -1.36. The number of aliphatic carboxylic acids is 1. The van der Waals surface area contributed by atoms with Crippen molar-refractivity contribution >= 4 is 40.8 Å². The van der Waals surface area contributed by atoms with Crippen LogP contribution in [0.2, 0.25) is 10.3 Å². The smallest absolute Gasteiger partial charge is 0.303 e. The molecule has 0 atom stereocenters. The molecule has 0 unspecified atom stereocenters. The molecule has 19 heavy (non-hydrogen) atoms. The van der Waals surface area contributed by atoms with Crippen LogP contribution in [0, 0.1) is 5.41 Å². The van der Waals surface area contributed by atoms with Gasteiger partial charge in [0.05, 0.1) is 6.42 Å². The Labute approximate surface area is 120 Å². The number of amides is 1. The first-order chi connectivity index (χ1) is 8.71. The van der Waals surface area contributed by atoms with Gasteiger partial charge in [0.15, 0.2) is 10.3 Å². The number of carbonyl (C=O) groups excluding carboxylic acids is 1. The van der Waals surface area contributed by atoms with Crippen molar-refractivity contribution in [3.8, 4) is 0 Å². The lowest BCUT2D eigenvalue weighted by Crippen LogP contribution is -2.25. The molecule has 1 rings (SSSR count). The third kappa shape index (κ3) is 5.00. The Morgan fingerprint density at radius 2 is 1.79 bits per heavy atom. The topological polar surface area (TPSA) is 92.2 Å². The molecule has 0 aliphatic carbocycles. The van der Waals surface area contributed by atoms with Crippen LogP contribution in [-0.4, -0.2) is 27.0 Å². The predicted molar refractivity (Wildman–Crippen MR) is 71.3 cm³/mol. The largest absolute Gasteiger partial charge is 0.481 e. The Morgan fingerprint density at radius 1 is 1.26 bits per heavy atom. The highest BCUT2D eigenvalue weighted by molar-refractivity contribution is 6.38. The molecule has 2 N–H and O–H groups in total. The van der Waals surface area contributed by atoms with Crippen molar-refractivity contribution in [1.29, 1.82) is 0 Å². The van der Waals surface area contributed by atoms with Gasteiger partial charge in [0, 0.05) is 6.42 Å². The van der Waals surface area contributed by atoms with E-state index in [1.807, 2.05) is 0 Å². The lowest BCUT2D eigenvalue weighted by molar-refractivity contribution is -0.139. The molecule has 0 radical (unpaired) electrons. The van der Waals surface area contributed by atoms with E-state index < -0.39 is 17.3 Å². The van der Waals surface area contributed by atoms with Gasteiger partial charge in [-0.05, 0) is 5.41 Å². The van der Waals surface area contributed by atoms with Crippen LogP contribution in [0.1, 0.15) is 26.7 Å². The third-order valence-corrected chi connectivity index (χ3v) is 2.86. The maximum Gasteiger partial charge on any atom is 0.303 e. The quantitative estimate of drug-likeness (QED) is 0.816. The minimum atomic E-state index is -0.961. The number of hydrogen-bond acceptors (Lipinski definition) is 4. The number of nitrogens with zero attached hydrogens (tertiary/aromatic N) is 2. The zero-order valence-electron chi connectivity index (χ0n) is 10.4. The summed E-state index contributed by atoms with van der Waals surface area (Å²) in [5.41, 5.74) is -0.549. The first-order valence-electron chi connectivity index (χ1n) is 5.39. The number of rotatable bonds is 5. The fourth-order valence-corrected chi connectivity index (χ4v) is 1.95. The van der Waals surface area contributed by atoms with Crippen LogP contribution in [0.15, 0.2) is 6.33 Å². The molecule has 0 aliphatic rings. The molecule has 8 heteroatoms.